The van der Waals surface area contributed by atoms with Crippen molar-refractivity contribution < 1.29 is 38.8 Å². The topological polar surface area (TPSA) is 119 Å². The summed E-state index contributed by atoms with van der Waals surface area (Å²) in [4.78, 5) is 37.5. The molecule has 1 saturated heterocycles. The molecular weight excluding hydrogens is 404 g/mol. The minimum atomic E-state index is -2.14. The number of ether oxygens (including phenoxy) is 3. The summed E-state index contributed by atoms with van der Waals surface area (Å²) in [6.45, 7) is 4.25. The third-order valence-corrected chi connectivity index (χ3v) is 6.09. The number of halogens is 1. The van der Waals surface area contributed by atoms with Crippen LogP contribution < -0.4 is 0 Å². The first-order valence-electron chi connectivity index (χ1n) is 9.20. The number of esters is 2. The van der Waals surface area contributed by atoms with Gasteiger partial charge in [-0.2, -0.15) is 0 Å². The molecule has 29 heavy (non-hydrogen) atoms. The van der Waals surface area contributed by atoms with E-state index >= 15 is 0 Å². The van der Waals surface area contributed by atoms with Crippen molar-refractivity contribution in [1.29, 1.82) is 0 Å². The molecule has 3 rings (SSSR count). The number of rotatable bonds is 4. The third kappa shape index (κ3) is 3.49. The number of allylic oxidation sites excluding steroid dienone is 1. The number of aliphatic hydroxyl groups excluding tert-OH is 1. The number of ketones is 1. The molecule has 2 bridgehead atoms. The molecule has 5 atom stereocenters. The molecule has 3 aliphatic heterocycles. The number of carbonyl (C=O) groups excluding carboxylic acids is 3. The Bertz CT molecular complexity index is 843. The van der Waals surface area contributed by atoms with Gasteiger partial charge in [0, 0.05) is 23.6 Å². The highest BCUT2D eigenvalue weighted by Crippen LogP contribution is 2.45. The maximum Gasteiger partial charge on any atom is 0.340 e. The van der Waals surface area contributed by atoms with Gasteiger partial charge in [0.05, 0.1) is 18.4 Å². The predicted octanol–water partition coefficient (Wildman–Crippen LogP) is 0.940. The molecule has 1 fully saturated rings. The first-order chi connectivity index (χ1) is 13.6. The number of alkyl halides is 1. The van der Waals surface area contributed by atoms with Crippen molar-refractivity contribution in [2.75, 3.05) is 12.5 Å². The number of hydrogen-bond acceptors (Lipinski definition) is 8. The highest BCUT2D eigenvalue weighted by Gasteiger charge is 2.62. The normalized spacial score (nSPS) is 36.8. The van der Waals surface area contributed by atoms with Gasteiger partial charge < -0.3 is 24.4 Å². The van der Waals surface area contributed by atoms with Crippen molar-refractivity contribution in [2.24, 2.45) is 5.92 Å². The molecule has 0 amide bonds. The lowest BCUT2D eigenvalue weighted by atomic mass is 9.77. The highest BCUT2D eigenvalue weighted by atomic mass is 35.5. The number of aliphatic hydroxyl groups is 2. The lowest BCUT2D eigenvalue weighted by Gasteiger charge is -2.35. The van der Waals surface area contributed by atoms with Crippen molar-refractivity contribution in [3.05, 3.63) is 35.1 Å². The molecule has 3 aliphatic rings. The molecule has 158 valence electrons. The lowest BCUT2D eigenvalue weighted by molar-refractivity contribution is -0.163. The zero-order chi connectivity index (χ0) is 21.6. The molecule has 5 unspecified atom stereocenters. The van der Waals surface area contributed by atoms with Gasteiger partial charge in [-0.1, -0.05) is 6.08 Å². The average Bonchev–Trinajstić information content (AvgIpc) is 3.12. The molecular formula is C20H23ClO8. The average molecular weight is 427 g/mol. The van der Waals surface area contributed by atoms with Crippen LogP contribution >= 0.6 is 11.6 Å². The Balaban J connectivity index is 2.14. The number of hydrogen-bond donors (Lipinski definition) is 2. The van der Waals surface area contributed by atoms with Crippen LogP contribution in [-0.4, -0.2) is 63.8 Å². The van der Waals surface area contributed by atoms with Crippen LogP contribution in [0, 0.1) is 5.92 Å². The van der Waals surface area contributed by atoms with Gasteiger partial charge in [0.1, 0.15) is 18.0 Å². The summed E-state index contributed by atoms with van der Waals surface area (Å²) in [6.07, 6.45) is 1.89. The lowest BCUT2D eigenvalue weighted by Crippen LogP contribution is -2.52. The summed E-state index contributed by atoms with van der Waals surface area (Å²) in [7, 11) is 0. The fourth-order valence-electron chi connectivity index (χ4n) is 3.79. The smallest absolute Gasteiger partial charge is 0.340 e. The van der Waals surface area contributed by atoms with E-state index in [1.165, 1.54) is 19.1 Å². The van der Waals surface area contributed by atoms with Crippen molar-refractivity contribution in [3.63, 3.8) is 0 Å². The second-order valence-corrected chi connectivity index (χ2v) is 7.90. The second kappa shape index (κ2) is 7.59. The molecule has 9 heteroatoms. The SMILES string of the molecule is CC=C(C)C(=O)OC1CC2(C)OC(=CC2=O)C(CO)=CC2OC(=O)C(O)(CCl)C21. The molecule has 2 N–H and O–H groups in total. The summed E-state index contributed by atoms with van der Waals surface area (Å²) >= 11 is 5.92. The van der Waals surface area contributed by atoms with E-state index in [-0.39, 0.29) is 23.5 Å². The zero-order valence-electron chi connectivity index (χ0n) is 16.3. The van der Waals surface area contributed by atoms with E-state index in [0.29, 0.717) is 5.57 Å². The summed E-state index contributed by atoms with van der Waals surface area (Å²) < 4.78 is 16.7. The van der Waals surface area contributed by atoms with E-state index in [0.717, 1.165) is 0 Å². The van der Waals surface area contributed by atoms with Crippen LogP contribution in [-0.2, 0) is 28.6 Å². The molecule has 0 spiro atoms. The van der Waals surface area contributed by atoms with Crippen LogP contribution in [0.25, 0.3) is 0 Å². The Labute approximate surface area is 172 Å². The Morgan fingerprint density at radius 3 is 2.72 bits per heavy atom. The van der Waals surface area contributed by atoms with E-state index in [1.807, 2.05) is 0 Å². The van der Waals surface area contributed by atoms with Gasteiger partial charge in [0.25, 0.3) is 0 Å². The van der Waals surface area contributed by atoms with Gasteiger partial charge in [-0.3, -0.25) is 4.79 Å². The van der Waals surface area contributed by atoms with Crippen LogP contribution in [0.1, 0.15) is 27.2 Å². The van der Waals surface area contributed by atoms with Crippen molar-refractivity contribution >= 4 is 29.3 Å². The quantitative estimate of drug-likeness (QED) is 0.387. The van der Waals surface area contributed by atoms with E-state index in [2.05, 4.69) is 0 Å². The van der Waals surface area contributed by atoms with Gasteiger partial charge in [-0.25, -0.2) is 9.59 Å². The zero-order valence-corrected chi connectivity index (χ0v) is 17.1. The van der Waals surface area contributed by atoms with Crippen molar-refractivity contribution in [2.45, 2.75) is 50.6 Å². The minimum Gasteiger partial charge on any atom is -0.479 e. The molecule has 8 nitrogen and oxygen atoms in total. The number of fused-ring (bicyclic) bond motifs is 3. The van der Waals surface area contributed by atoms with Gasteiger partial charge >= 0.3 is 11.9 Å². The maximum atomic E-state index is 12.6. The Morgan fingerprint density at radius 2 is 2.14 bits per heavy atom. The van der Waals surface area contributed by atoms with Crippen LogP contribution in [0.15, 0.2) is 35.1 Å². The first kappa shape index (κ1) is 21.5. The van der Waals surface area contributed by atoms with Gasteiger partial charge in [0.15, 0.2) is 11.2 Å². The largest absolute Gasteiger partial charge is 0.479 e. The molecule has 0 aliphatic carbocycles. The predicted molar refractivity (Wildman–Crippen MR) is 101 cm³/mol. The van der Waals surface area contributed by atoms with E-state index in [4.69, 9.17) is 25.8 Å². The monoisotopic (exact) mass is 426 g/mol. The van der Waals surface area contributed by atoms with Crippen LogP contribution in [0.2, 0.25) is 0 Å². The van der Waals surface area contributed by atoms with Crippen LogP contribution in [0.4, 0.5) is 0 Å². The maximum absolute atomic E-state index is 12.6. The van der Waals surface area contributed by atoms with Crippen LogP contribution in [0.5, 0.6) is 0 Å². The molecule has 0 aromatic heterocycles. The molecule has 0 aromatic rings. The second-order valence-electron chi connectivity index (χ2n) is 7.63. The standard InChI is InChI=1S/C20H23ClO8/c1-4-10(2)17(24)27-14-7-19(3)15(23)6-12(29-19)11(8-22)5-13-16(14)20(26,9-21)18(25)28-13/h4-6,13-14,16,22,26H,7-9H2,1-3H3. The van der Waals surface area contributed by atoms with E-state index in [9.17, 15) is 24.6 Å². The minimum absolute atomic E-state index is 0.141. The summed E-state index contributed by atoms with van der Waals surface area (Å²) in [6, 6.07) is 0. The molecule has 0 aromatic carbocycles. The van der Waals surface area contributed by atoms with E-state index < -0.39 is 53.8 Å². The van der Waals surface area contributed by atoms with Gasteiger partial charge in [-0.05, 0) is 26.8 Å². The summed E-state index contributed by atoms with van der Waals surface area (Å²) in [5, 5.41) is 20.7. The fourth-order valence-corrected chi connectivity index (χ4v) is 4.07. The first-order valence-corrected chi connectivity index (χ1v) is 9.73. The number of carbonyl (C=O) groups is 3. The molecule has 3 heterocycles. The highest BCUT2D eigenvalue weighted by molar-refractivity contribution is 6.20. The fraction of sp³-hybridized carbons (Fsp3) is 0.550. The van der Waals surface area contributed by atoms with E-state index in [1.54, 1.807) is 19.9 Å². The van der Waals surface area contributed by atoms with Crippen molar-refractivity contribution in [1.82, 2.24) is 0 Å². The summed E-state index contributed by atoms with van der Waals surface area (Å²) in [5.41, 5.74) is -3.02. The Morgan fingerprint density at radius 1 is 1.45 bits per heavy atom. The summed E-state index contributed by atoms with van der Waals surface area (Å²) in [5.74, 6) is -3.46. The third-order valence-electron chi connectivity index (χ3n) is 5.68. The Kier molecular flexibility index (Phi) is 5.64. The van der Waals surface area contributed by atoms with Crippen molar-refractivity contribution in [3.8, 4) is 0 Å². The van der Waals surface area contributed by atoms with Gasteiger partial charge in [-0.15, -0.1) is 11.6 Å². The Hall–Kier alpha value is -2.16. The van der Waals surface area contributed by atoms with Gasteiger partial charge in [0.2, 0.25) is 5.78 Å². The molecule has 0 radical (unpaired) electrons. The van der Waals surface area contributed by atoms with Crippen LogP contribution in [0.3, 0.4) is 0 Å². The molecule has 0 saturated carbocycles.